The minimum absolute atomic E-state index is 0.0369. The maximum atomic E-state index is 11.4. The van der Waals surface area contributed by atoms with Crippen LogP contribution in [0.2, 0.25) is 0 Å². The number of hydrogen-bond donors (Lipinski definition) is 0. The van der Waals surface area contributed by atoms with Crippen molar-refractivity contribution in [3.8, 4) is 0 Å². The van der Waals surface area contributed by atoms with Crippen LogP contribution in [0.15, 0.2) is 12.2 Å². The third-order valence-corrected chi connectivity index (χ3v) is 3.06. The minimum Gasteiger partial charge on any atom is -0.356 e. The molecule has 3 nitrogen and oxygen atoms in total. The molecule has 72 valence electrons. The van der Waals surface area contributed by atoms with Gasteiger partial charge in [-0.3, -0.25) is 4.79 Å². The van der Waals surface area contributed by atoms with E-state index in [1.165, 1.54) is 0 Å². The summed E-state index contributed by atoms with van der Waals surface area (Å²) in [6.45, 7) is 0. The minimum atomic E-state index is -0.239. The van der Waals surface area contributed by atoms with Gasteiger partial charge in [-0.15, -0.1) is 0 Å². The van der Waals surface area contributed by atoms with Gasteiger partial charge in [0, 0.05) is 32.5 Å². The molecule has 0 amide bonds. The lowest BCUT2D eigenvalue weighted by Crippen LogP contribution is -2.29. The Morgan fingerprint density at radius 3 is 2.46 bits per heavy atom. The van der Waals surface area contributed by atoms with E-state index in [0.717, 1.165) is 0 Å². The number of hydrogen-bond acceptors (Lipinski definition) is 3. The fourth-order valence-corrected chi connectivity index (χ4v) is 2.46. The van der Waals surface area contributed by atoms with E-state index < -0.39 is 0 Å². The van der Waals surface area contributed by atoms with E-state index in [2.05, 4.69) is 6.08 Å². The number of rotatable bonds is 3. The topological polar surface area (TPSA) is 35.5 Å². The normalized spacial score (nSPS) is 36.5. The van der Waals surface area contributed by atoms with Crippen LogP contribution in [-0.2, 0) is 14.3 Å². The summed E-state index contributed by atoms with van der Waals surface area (Å²) in [5.41, 5.74) is 0. The van der Waals surface area contributed by atoms with Crippen LogP contribution in [0.3, 0.4) is 0 Å². The van der Waals surface area contributed by atoms with E-state index >= 15 is 0 Å². The van der Waals surface area contributed by atoms with Crippen molar-refractivity contribution in [2.24, 2.45) is 17.8 Å². The van der Waals surface area contributed by atoms with Gasteiger partial charge in [-0.2, -0.15) is 0 Å². The maximum absolute atomic E-state index is 11.4. The van der Waals surface area contributed by atoms with Crippen LogP contribution >= 0.6 is 0 Å². The van der Waals surface area contributed by atoms with Crippen molar-refractivity contribution in [3.63, 3.8) is 0 Å². The number of methoxy groups -OCH3 is 2. The number of ketones is 1. The molecule has 0 aromatic heterocycles. The summed E-state index contributed by atoms with van der Waals surface area (Å²) in [5.74, 6) is 0.913. The Morgan fingerprint density at radius 1 is 1.38 bits per heavy atom. The Hall–Kier alpha value is -0.670. The molecule has 0 heterocycles. The lowest BCUT2D eigenvalue weighted by atomic mass is 9.96. The first-order valence-electron chi connectivity index (χ1n) is 4.54. The highest BCUT2D eigenvalue weighted by atomic mass is 16.7. The SMILES string of the molecule is COC(OC)[C@H]1[C@@H]2C=C[C@H]1C(=O)C2. The Bertz CT molecular complexity index is 243. The van der Waals surface area contributed by atoms with Crippen molar-refractivity contribution in [2.45, 2.75) is 12.7 Å². The van der Waals surface area contributed by atoms with Crippen molar-refractivity contribution in [1.29, 1.82) is 0 Å². The molecule has 0 spiro atoms. The molecule has 2 rings (SSSR count). The molecule has 0 unspecified atom stereocenters. The fourth-order valence-electron chi connectivity index (χ4n) is 2.46. The molecule has 0 aromatic rings. The zero-order valence-corrected chi connectivity index (χ0v) is 7.90. The molecular formula is C10H14O3. The van der Waals surface area contributed by atoms with E-state index in [4.69, 9.17) is 9.47 Å². The molecule has 2 bridgehead atoms. The second-order valence-corrected chi connectivity index (χ2v) is 3.66. The Morgan fingerprint density at radius 2 is 2.08 bits per heavy atom. The van der Waals surface area contributed by atoms with Crippen LogP contribution in [0.25, 0.3) is 0 Å². The van der Waals surface area contributed by atoms with Gasteiger partial charge in [0.25, 0.3) is 0 Å². The zero-order chi connectivity index (χ0) is 9.42. The molecule has 2 aliphatic carbocycles. The number of Topliss-reactive ketones (excluding diaryl/α,β-unsaturated/α-hetero) is 1. The standard InChI is InChI=1S/C10H14O3/c1-12-10(13-2)9-6-3-4-7(9)8(11)5-6/h3-4,6-7,9-10H,5H2,1-2H3/t6-,7+,9+/m1/s1. The van der Waals surface area contributed by atoms with Crippen LogP contribution in [0, 0.1) is 17.8 Å². The Labute approximate surface area is 77.7 Å². The van der Waals surface area contributed by atoms with Gasteiger partial charge in [0.1, 0.15) is 5.78 Å². The predicted octanol–water partition coefficient (Wildman–Crippen LogP) is 0.997. The lowest BCUT2D eigenvalue weighted by molar-refractivity contribution is -0.148. The van der Waals surface area contributed by atoms with Crippen molar-refractivity contribution >= 4 is 5.78 Å². The number of allylic oxidation sites excluding steroid dienone is 2. The molecule has 0 saturated heterocycles. The van der Waals surface area contributed by atoms with E-state index in [1.54, 1.807) is 14.2 Å². The molecule has 0 radical (unpaired) electrons. The molecule has 3 heteroatoms. The van der Waals surface area contributed by atoms with Gasteiger partial charge in [0.2, 0.25) is 0 Å². The van der Waals surface area contributed by atoms with E-state index in [-0.39, 0.29) is 18.1 Å². The molecule has 0 N–H and O–H groups in total. The van der Waals surface area contributed by atoms with E-state index in [9.17, 15) is 4.79 Å². The number of ether oxygens (including phenoxy) is 2. The average molecular weight is 182 g/mol. The summed E-state index contributed by atoms with van der Waals surface area (Å²) in [4.78, 5) is 11.4. The first-order valence-corrected chi connectivity index (χ1v) is 4.54. The molecule has 2 aliphatic rings. The van der Waals surface area contributed by atoms with Gasteiger partial charge < -0.3 is 9.47 Å². The highest BCUT2D eigenvalue weighted by Crippen LogP contribution is 2.44. The van der Waals surface area contributed by atoms with Gasteiger partial charge in [-0.25, -0.2) is 0 Å². The maximum Gasteiger partial charge on any atom is 0.161 e. The van der Waals surface area contributed by atoms with Gasteiger partial charge in [-0.05, 0) is 5.92 Å². The van der Waals surface area contributed by atoms with Crippen molar-refractivity contribution < 1.29 is 14.3 Å². The highest BCUT2D eigenvalue weighted by molar-refractivity contribution is 5.87. The van der Waals surface area contributed by atoms with Crippen molar-refractivity contribution in [2.75, 3.05) is 14.2 Å². The molecule has 13 heavy (non-hydrogen) atoms. The number of carbonyl (C=O) groups excluding carboxylic acids is 1. The third kappa shape index (κ3) is 1.23. The number of fused-ring (bicyclic) bond motifs is 2. The summed E-state index contributed by atoms with van der Waals surface area (Å²) in [5, 5.41) is 0. The summed E-state index contributed by atoms with van der Waals surface area (Å²) >= 11 is 0. The summed E-state index contributed by atoms with van der Waals surface area (Å²) < 4.78 is 10.4. The Balaban J connectivity index is 2.15. The molecular weight excluding hydrogens is 168 g/mol. The molecule has 1 saturated carbocycles. The molecule has 1 fully saturated rings. The second kappa shape index (κ2) is 3.24. The van der Waals surface area contributed by atoms with Gasteiger partial charge in [0.05, 0.1) is 0 Å². The molecule has 3 atom stereocenters. The summed E-state index contributed by atoms with van der Waals surface area (Å²) in [7, 11) is 3.24. The zero-order valence-electron chi connectivity index (χ0n) is 7.90. The molecule has 0 aliphatic heterocycles. The average Bonchev–Trinajstić information content (AvgIpc) is 2.64. The van der Waals surface area contributed by atoms with Crippen LogP contribution in [-0.4, -0.2) is 26.3 Å². The first kappa shape index (κ1) is 8.91. The quantitative estimate of drug-likeness (QED) is 0.482. The van der Waals surface area contributed by atoms with Gasteiger partial charge in [-0.1, -0.05) is 12.2 Å². The smallest absolute Gasteiger partial charge is 0.161 e. The predicted molar refractivity (Wildman–Crippen MR) is 47.0 cm³/mol. The third-order valence-electron chi connectivity index (χ3n) is 3.06. The van der Waals surface area contributed by atoms with Crippen LogP contribution in [0.4, 0.5) is 0 Å². The van der Waals surface area contributed by atoms with Gasteiger partial charge in [0.15, 0.2) is 6.29 Å². The van der Waals surface area contributed by atoms with Crippen LogP contribution < -0.4 is 0 Å². The van der Waals surface area contributed by atoms with Gasteiger partial charge >= 0.3 is 0 Å². The molecule has 0 aromatic carbocycles. The van der Waals surface area contributed by atoms with Crippen molar-refractivity contribution in [1.82, 2.24) is 0 Å². The second-order valence-electron chi connectivity index (χ2n) is 3.66. The van der Waals surface area contributed by atoms with E-state index in [1.807, 2.05) is 6.08 Å². The van der Waals surface area contributed by atoms with Crippen molar-refractivity contribution in [3.05, 3.63) is 12.2 Å². The Kier molecular flexibility index (Phi) is 2.22. The number of carbonyl (C=O) groups is 1. The largest absolute Gasteiger partial charge is 0.356 e. The van der Waals surface area contributed by atoms with Crippen LogP contribution in [0.1, 0.15) is 6.42 Å². The fraction of sp³-hybridized carbons (Fsp3) is 0.700. The summed E-state index contributed by atoms with van der Waals surface area (Å²) in [6.07, 6.45) is 4.53. The lowest BCUT2D eigenvalue weighted by Gasteiger charge is -2.23. The van der Waals surface area contributed by atoms with E-state index in [0.29, 0.717) is 18.1 Å². The first-order chi connectivity index (χ1) is 6.27. The van der Waals surface area contributed by atoms with Crippen LogP contribution in [0.5, 0.6) is 0 Å². The highest BCUT2D eigenvalue weighted by Gasteiger charge is 2.48. The monoisotopic (exact) mass is 182 g/mol. The summed E-state index contributed by atoms with van der Waals surface area (Å²) in [6, 6.07) is 0.